The zero-order chi connectivity index (χ0) is 21.6. The number of benzene rings is 1. The summed E-state index contributed by atoms with van der Waals surface area (Å²) in [6.45, 7) is 5.34. The van der Waals surface area contributed by atoms with Gasteiger partial charge in [0.05, 0.1) is 12.8 Å². The number of anilines is 5. The number of amides is 1. The van der Waals surface area contributed by atoms with E-state index in [0.29, 0.717) is 23.1 Å². The molecule has 0 saturated carbocycles. The number of nitrogens with one attached hydrogen (secondary N) is 2. The molecule has 4 rings (SSSR count). The number of rotatable bonds is 6. The minimum Gasteiger partial charge on any atom is -0.495 e. The summed E-state index contributed by atoms with van der Waals surface area (Å²) in [6, 6.07) is 5.44. The molecule has 2 saturated heterocycles. The van der Waals surface area contributed by atoms with Crippen LogP contribution in [-0.4, -0.2) is 54.1 Å². The van der Waals surface area contributed by atoms with Crippen molar-refractivity contribution >= 4 is 35.1 Å². The molecule has 2 aromatic rings. The van der Waals surface area contributed by atoms with E-state index >= 15 is 0 Å². The maximum absolute atomic E-state index is 11.5. The van der Waals surface area contributed by atoms with Crippen molar-refractivity contribution in [2.24, 2.45) is 0 Å². The highest BCUT2D eigenvalue weighted by molar-refractivity contribution is 5.89. The Labute approximate surface area is 213 Å². The van der Waals surface area contributed by atoms with Crippen LogP contribution in [0.5, 0.6) is 5.75 Å². The molecule has 35 heavy (non-hydrogen) atoms. The Bertz CT molecular complexity index is 899. The van der Waals surface area contributed by atoms with Crippen molar-refractivity contribution in [2.45, 2.75) is 45.4 Å². The smallest absolute Gasteiger partial charge is 0.233 e. The second-order valence-corrected chi connectivity index (χ2v) is 8.08. The molecule has 206 valence electrons. The second-order valence-electron chi connectivity index (χ2n) is 8.08. The molecule has 2 aliphatic rings. The van der Waals surface area contributed by atoms with E-state index < -0.39 is 0 Å². The minimum atomic E-state index is -0.129. The van der Waals surface area contributed by atoms with Crippen LogP contribution < -0.4 is 49.8 Å². The lowest BCUT2D eigenvalue weighted by molar-refractivity contribution is -0.114. The number of carbonyl (C=O) groups excluding carboxylic acids is 1. The molecule has 0 atom stereocenters. The summed E-state index contributed by atoms with van der Waals surface area (Å²) in [5.41, 5.74) is 1.37. The molecule has 14 N–H and O–H groups in total. The third-order valence-electron chi connectivity index (χ3n) is 5.66. The van der Waals surface area contributed by atoms with Crippen LogP contribution >= 0.6 is 0 Å². The lowest BCUT2D eigenvalue weighted by Gasteiger charge is -2.30. The number of methoxy groups -OCH3 is 1. The van der Waals surface area contributed by atoms with Crippen LogP contribution in [0.2, 0.25) is 0 Å². The van der Waals surface area contributed by atoms with E-state index in [4.69, 9.17) is 19.7 Å². The molecule has 13 nitrogen and oxygen atoms in total. The molecule has 13 heteroatoms. The van der Waals surface area contributed by atoms with E-state index in [-0.39, 0.29) is 36.2 Å². The lowest BCUT2D eigenvalue weighted by Crippen LogP contribution is -2.34. The molecule has 1 aromatic carbocycles. The topological polar surface area (TPSA) is 236 Å². The molecule has 0 bridgehead atoms. The Morgan fingerprint density at radius 1 is 0.857 bits per heavy atom. The predicted octanol–water partition coefficient (Wildman–Crippen LogP) is 5.19. The van der Waals surface area contributed by atoms with Gasteiger partial charge in [-0.3, -0.25) is 4.79 Å². The van der Waals surface area contributed by atoms with Gasteiger partial charge in [0.2, 0.25) is 23.8 Å². The summed E-state index contributed by atoms with van der Waals surface area (Å²) in [7, 11) is 1.62. The van der Waals surface area contributed by atoms with Gasteiger partial charge in [-0.05, 0) is 56.7 Å². The van der Waals surface area contributed by atoms with E-state index in [0.717, 1.165) is 63.8 Å². The van der Waals surface area contributed by atoms with E-state index in [1.54, 1.807) is 13.2 Å². The number of ether oxygens (including phenoxy) is 1. The molecule has 2 fully saturated rings. The van der Waals surface area contributed by atoms with Crippen molar-refractivity contribution in [3.8, 4) is 5.75 Å². The van der Waals surface area contributed by atoms with Crippen molar-refractivity contribution in [1.29, 1.82) is 0 Å². The zero-order valence-electron chi connectivity index (χ0n) is 21.2. The van der Waals surface area contributed by atoms with Crippen molar-refractivity contribution in [1.82, 2.24) is 39.6 Å². The monoisotopic (exact) mass is 501 g/mol. The third-order valence-corrected chi connectivity index (χ3v) is 5.66. The maximum Gasteiger partial charge on any atom is 0.233 e. The number of nitrogens with zero attached hydrogens (tertiary/aromatic N) is 5. The van der Waals surface area contributed by atoms with Crippen LogP contribution in [0.3, 0.4) is 0 Å². The van der Waals surface area contributed by atoms with Gasteiger partial charge in [0.1, 0.15) is 5.75 Å². The molecule has 0 radical (unpaired) electrons. The Balaban J connectivity index is -0.000000482. The third kappa shape index (κ3) is 8.17. The molecule has 0 aliphatic carbocycles. The highest BCUT2D eigenvalue weighted by Gasteiger charge is 2.21. The van der Waals surface area contributed by atoms with Gasteiger partial charge in [0.25, 0.3) is 0 Å². The Hall–Kier alpha value is -3.26. The SMILES string of the molecule is COc1ccc(NC(C)=O)cc1Nc1nc(N2CCCCC2)nc(N2CCCCC2)n1.N.N.N.N.[HH].[HH].[HH].[HH]. The number of aromatic nitrogens is 3. The number of hydrogen-bond acceptors (Lipinski definition) is 12. The molecule has 0 spiro atoms. The van der Waals surface area contributed by atoms with E-state index in [2.05, 4.69) is 20.4 Å². The average molecular weight is 502 g/mol. The quantitative estimate of drug-likeness (QED) is 0.299. The first-order valence-electron chi connectivity index (χ1n) is 11.1. The Kier molecular flexibility index (Phi) is 13.5. The standard InChI is InChI=1S/C22H31N7O2.4H3N.4H2/c1-16(30)23-17-9-10-19(31-2)18(15-17)24-20-25-21(28-11-5-3-6-12-28)27-22(26-20)29-13-7-4-8-14-29;;;;;;;;/h9-10,15H,3-8,11-14H2,1-2H3,(H,23,30)(H,24,25,26,27);4*1H3;4*1H. The zero-order valence-corrected chi connectivity index (χ0v) is 21.2. The fourth-order valence-electron chi connectivity index (χ4n) is 4.09. The molecular weight excluding hydrogens is 450 g/mol. The molecule has 2 aliphatic heterocycles. The van der Waals surface area contributed by atoms with Crippen LogP contribution in [0.1, 0.15) is 51.2 Å². The first-order chi connectivity index (χ1) is 15.1. The van der Waals surface area contributed by atoms with Gasteiger partial charge < -0.3 is 49.8 Å². The van der Waals surface area contributed by atoms with Crippen molar-refractivity contribution in [3.05, 3.63) is 18.2 Å². The maximum atomic E-state index is 11.5. The summed E-state index contributed by atoms with van der Waals surface area (Å²) < 4.78 is 5.50. The van der Waals surface area contributed by atoms with Crippen LogP contribution in [0.15, 0.2) is 18.2 Å². The van der Waals surface area contributed by atoms with Gasteiger partial charge in [-0.25, -0.2) is 0 Å². The van der Waals surface area contributed by atoms with Gasteiger partial charge >= 0.3 is 0 Å². The molecule has 1 aromatic heterocycles. The van der Waals surface area contributed by atoms with Crippen LogP contribution in [0.4, 0.5) is 29.2 Å². The van der Waals surface area contributed by atoms with Crippen LogP contribution in [0, 0.1) is 0 Å². The first-order valence-corrected chi connectivity index (χ1v) is 11.1. The normalized spacial score (nSPS) is 14.8. The van der Waals surface area contributed by atoms with Gasteiger partial charge in [-0.15, -0.1) is 0 Å². The lowest BCUT2D eigenvalue weighted by atomic mass is 10.1. The average Bonchev–Trinajstić information content (AvgIpc) is 2.80. The van der Waals surface area contributed by atoms with E-state index in [1.165, 1.54) is 19.8 Å². The Morgan fingerprint density at radius 3 is 1.83 bits per heavy atom. The summed E-state index contributed by atoms with van der Waals surface area (Å²) in [6.07, 6.45) is 7.11. The van der Waals surface area contributed by atoms with Crippen molar-refractivity contribution in [3.63, 3.8) is 0 Å². The van der Waals surface area contributed by atoms with Gasteiger partial charge in [-0.1, -0.05) is 0 Å². The van der Waals surface area contributed by atoms with Gasteiger partial charge in [-0.2, -0.15) is 15.0 Å². The van der Waals surface area contributed by atoms with Crippen molar-refractivity contribution in [2.75, 3.05) is 53.7 Å². The minimum absolute atomic E-state index is 0. The summed E-state index contributed by atoms with van der Waals surface area (Å²) >= 11 is 0. The number of piperidine rings is 2. The highest BCUT2D eigenvalue weighted by Crippen LogP contribution is 2.31. The molecular formula is C22H51N11O2. The number of hydrogen-bond donors (Lipinski definition) is 6. The largest absolute Gasteiger partial charge is 0.495 e. The molecule has 3 heterocycles. The predicted molar refractivity (Wildman–Crippen MR) is 151 cm³/mol. The van der Waals surface area contributed by atoms with E-state index in [9.17, 15) is 4.79 Å². The fourth-order valence-corrected chi connectivity index (χ4v) is 4.09. The Morgan fingerprint density at radius 2 is 1.37 bits per heavy atom. The van der Waals surface area contributed by atoms with Gasteiger partial charge in [0.15, 0.2) is 0 Å². The molecule has 1 amide bonds. The fraction of sp³-hybridized carbons (Fsp3) is 0.545. The highest BCUT2D eigenvalue weighted by atomic mass is 16.5. The van der Waals surface area contributed by atoms with Crippen LogP contribution in [0.25, 0.3) is 0 Å². The van der Waals surface area contributed by atoms with Crippen molar-refractivity contribution < 1.29 is 15.2 Å². The van der Waals surface area contributed by atoms with E-state index in [1.807, 2.05) is 12.1 Å². The summed E-state index contributed by atoms with van der Waals surface area (Å²) in [4.78, 5) is 30.3. The number of carbonyl (C=O) groups is 1. The summed E-state index contributed by atoms with van der Waals surface area (Å²) in [5.74, 6) is 2.43. The second kappa shape index (κ2) is 14.9. The van der Waals surface area contributed by atoms with Gasteiger partial charge in [0, 0.05) is 44.5 Å². The van der Waals surface area contributed by atoms with Crippen LogP contribution in [-0.2, 0) is 4.79 Å². The first kappa shape index (κ1) is 31.7. The summed E-state index contributed by atoms with van der Waals surface area (Å²) in [5, 5.41) is 6.11. The molecule has 0 unspecified atom stereocenters.